The third-order valence-corrected chi connectivity index (χ3v) is 2.51. The molecule has 4 heteroatoms. The average molecular weight is 233 g/mol. The summed E-state index contributed by atoms with van der Waals surface area (Å²) in [5.41, 5.74) is 7.45. The Kier molecular flexibility index (Phi) is 4.65. The minimum Gasteiger partial charge on any atom is -0.492 e. The van der Waals surface area contributed by atoms with Gasteiger partial charge >= 0.3 is 0 Å². The van der Waals surface area contributed by atoms with Crippen molar-refractivity contribution in [3.05, 3.63) is 18.2 Å². The van der Waals surface area contributed by atoms with E-state index < -0.39 is 0 Å². The number of hydrogen-bond acceptors (Lipinski definition) is 4. The lowest BCUT2D eigenvalue weighted by Gasteiger charge is -2.21. The Morgan fingerprint density at radius 2 is 2.24 bits per heavy atom. The van der Waals surface area contributed by atoms with Crippen LogP contribution in [0.5, 0.6) is 5.75 Å². The molecule has 4 nitrogen and oxygen atoms in total. The van der Waals surface area contributed by atoms with Gasteiger partial charge in [0.1, 0.15) is 5.75 Å². The molecule has 0 saturated heterocycles. The van der Waals surface area contributed by atoms with Gasteiger partial charge in [-0.05, 0) is 26.0 Å². The van der Waals surface area contributed by atoms with Gasteiger partial charge in [-0.3, -0.25) is 0 Å². The van der Waals surface area contributed by atoms with E-state index in [0.29, 0.717) is 24.6 Å². The molecule has 2 N–H and O–H groups in total. The van der Waals surface area contributed by atoms with Crippen molar-refractivity contribution >= 4 is 11.4 Å². The van der Waals surface area contributed by atoms with Crippen molar-refractivity contribution in [2.24, 2.45) is 5.92 Å². The van der Waals surface area contributed by atoms with Crippen molar-refractivity contribution < 1.29 is 4.74 Å². The summed E-state index contributed by atoms with van der Waals surface area (Å²) in [7, 11) is 1.95. The first-order chi connectivity index (χ1) is 8.08. The molecule has 0 heterocycles. The molecule has 0 fully saturated rings. The average Bonchev–Trinajstić information content (AvgIpc) is 2.32. The summed E-state index contributed by atoms with van der Waals surface area (Å²) < 4.78 is 5.44. The van der Waals surface area contributed by atoms with Crippen molar-refractivity contribution in [1.29, 1.82) is 5.26 Å². The molecule has 0 aromatic heterocycles. The highest BCUT2D eigenvalue weighted by molar-refractivity contribution is 5.62. The summed E-state index contributed by atoms with van der Waals surface area (Å²) in [6, 6.07) is 7.88. The van der Waals surface area contributed by atoms with E-state index in [9.17, 15) is 0 Å². The number of rotatable bonds is 5. The first-order valence-electron chi connectivity index (χ1n) is 5.71. The number of hydrogen-bond donors (Lipinski definition) is 1. The quantitative estimate of drug-likeness (QED) is 0.792. The molecule has 1 unspecified atom stereocenters. The van der Waals surface area contributed by atoms with Crippen molar-refractivity contribution in [3.8, 4) is 11.8 Å². The third kappa shape index (κ3) is 3.56. The molecule has 1 aromatic rings. The zero-order chi connectivity index (χ0) is 12.8. The van der Waals surface area contributed by atoms with Crippen molar-refractivity contribution in [1.82, 2.24) is 0 Å². The van der Waals surface area contributed by atoms with Crippen LogP contribution in [0.3, 0.4) is 0 Å². The summed E-state index contributed by atoms with van der Waals surface area (Å²) in [5, 5.41) is 8.79. The predicted octanol–water partition coefficient (Wildman–Crippen LogP) is 2.26. The van der Waals surface area contributed by atoms with E-state index in [1.807, 2.05) is 44.0 Å². The largest absolute Gasteiger partial charge is 0.492 e. The summed E-state index contributed by atoms with van der Waals surface area (Å²) in [4.78, 5) is 2.02. The highest BCUT2D eigenvalue weighted by atomic mass is 16.5. The molecule has 0 aliphatic rings. The van der Waals surface area contributed by atoms with Crippen LogP contribution in [0.2, 0.25) is 0 Å². The minimum atomic E-state index is -0.00639. The number of ether oxygens (including phenoxy) is 1. The Bertz CT molecular complexity index is 412. The first-order valence-corrected chi connectivity index (χ1v) is 5.71. The van der Waals surface area contributed by atoms with Crippen LogP contribution in [0.15, 0.2) is 18.2 Å². The lowest BCUT2D eigenvalue weighted by molar-refractivity contribution is 0.342. The molecule has 1 aromatic carbocycles. The number of nitrogen functional groups attached to an aromatic ring is 1. The van der Waals surface area contributed by atoms with Crippen molar-refractivity contribution in [3.63, 3.8) is 0 Å². The number of nitrogens with two attached hydrogens (primary N) is 1. The van der Waals surface area contributed by atoms with Gasteiger partial charge in [0.15, 0.2) is 0 Å². The van der Waals surface area contributed by atoms with Gasteiger partial charge in [0.05, 0.1) is 24.3 Å². The fourth-order valence-corrected chi connectivity index (χ4v) is 1.60. The molecule has 0 amide bonds. The molecule has 0 bridgehead atoms. The lowest BCUT2D eigenvalue weighted by Crippen LogP contribution is -2.23. The van der Waals surface area contributed by atoms with Crippen molar-refractivity contribution in [2.45, 2.75) is 13.8 Å². The minimum absolute atomic E-state index is 0.00639. The van der Waals surface area contributed by atoms with Crippen LogP contribution in [0.25, 0.3) is 0 Å². The second-order valence-corrected chi connectivity index (χ2v) is 4.07. The Morgan fingerprint density at radius 1 is 1.53 bits per heavy atom. The van der Waals surface area contributed by atoms with Gasteiger partial charge in [-0.2, -0.15) is 5.26 Å². The standard InChI is InChI=1S/C13H19N3O/c1-4-17-13-7-11(5-6-12(13)15)16(3)9-10(2)8-14/h5-7,10H,4,9,15H2,1-3H3. The molecule has 1 atom stereocenters. The Balaban J connectivity index is 2.84. The molecule has 0 radical (unpaired) electrons. The smallest absolute Gasteiger partial charge is 0.144 e. The van der Waals surface area contributed by atoms with Crippen LogP contribution in [0.1, 0.15) is 13.8 Å². The van der Waals surface area contributed by atoms with E-state index in [0.717, 1.165) is 5.69 Å². The van der Waals surface area contributed by atoms with E-state index in [1.165, 1.54) is 0 Å². The third-order valence-electron chi connectivity index (χ3n) is 2.51. The number of nitrogens with zero attached hydrogens (tertiary/aromatic N) is 2. The van der Waals surface area contributed by atoms with Gasteiger partial charge in [0, 0.05) is 25.3 Å². The fourth-order valence-electron chi connectivity index (χ4n) is 1.60. The second-order valence-electron chi connectivity index (χ2n) is 4.07. The van der Waals surface area contributed by atoms with Gasteiger partial charge in [-0.25, -0.2) is 0 Å². The van der Waals surface area contributed by atoms with E-state index >= 15 is 0 Å². The maximum Gasteiger partial charge on any atom is 0.144 e. The maximum atomic E-state index is 8.79. The molecule has 0 saturated carbocycles. The van der Waals surface area contributed by atoms with Gasteiger partial charge in [-0.15, -0.1) is 0 Å². The SMILES string of the molecule is CCOc1cc(N(C)CC(C)C#N)ccc1N. The van der Waals surface area contributed by atoms with E-state index in [-0.39, 0.29) is 5.92 Å². The molecule has 0 spiro atoms. The summed E-state index contributed by atoms with van der Waals surface area (Å²) in [5.74, 6) is 0.689. The molecular formula is C13H19N3O. The van der Waals surface area contributed by atoms with Gasteiger partial charge in [0.2, 0.25) is 0 Å². The summed E-state index contributed by atoms with van der Waals surface area (Å²) in [6.07, 6.45) is 0. The Hall–Kier alpha value is -1.89. The van der Waals surface area contributed by atoms with Crippen LogP contribution >= 0.6 is 0 Å². The number of benzene rings is 1. The maximum absolute atomic E-state index is 8.79. The number of nitriles is 1. The predicted molar refractivity (Wildman–Crippen MR) is 70.1 cm³/mol. The van der Waals surface area contributed by atoms with Crippen LogP contribution in [0.4, 0.5) is 11.4 Å². The molecular weight excluding hydrogens is 214 g/mol. The van der Waals surface area contributed by atoms with Crippen molar-refractivity contribution in [2.75, 3.05) is 30.8 Å². The van der Waals surface area contributed by atoms with Crippen LogP contribution in [-0.4, -0.2) is 20.2 Å². The van der Waals surface area contributed by atoms with Crippen LogP contribution in [-0.2, 0) is 0 Å². The highest BCUT2D eigenvalue weighted by Crippen LogP contribution is 2.27. The fraction of sp³-hybridized carbons (Fsp3) is 0.462. The molecule has 0 aliphatic heterocycles. The Morgan fingerprint density at radius 3 is 2.82 bits per heavy atom. The number of anilines is 2. The zero-order valence-electron chi connectivity index (χ0n) is 10.6. The highest BCUT2D eigenvalue weighted by Gasteiger charge is 2.08. The topological polar surface area (TPSA) is 62.3 Å². The van der Waals surface area contributed by atoms with Gasteiger partial charge < -0.3 is 15.4 Å². The second kappa shape index (κ2) is 6.00. The first kappa shape index (κ1) is 13.2. The van der Waals surface area contributed by atoms with Crippen LogP contribution < -0.4 is 15.4 Å². The molecule has 17 heavy (non-hydrogen) atoms. The van der Waals surface area contributed by atoms with Gasteiger partial charge in [-0.1, -0.05) is 0 Å². The summed E-state index contributed by atoms with van der Waals surface area (Å²) >= 11 is 0. The normalized spacial score (nSPS) is 11.6. The molecule has 0 aliphatic carbocycles. The lowest BCUT2D eigenvalue weighted by atomic mass is 10.2. The molecule has 1 rings (SSSR count). The monoisotopic (exact) mass is 233 g/mol. The molecule has 92 valence electrons. The van der Waals surface area contributed by atoms with E-state index in [4.69, 9.17) is 15.7 Å². The van der Waals surface area contributed by atoms with Crippen LogP contribution in [0, 0.1) is 17.2 Å². The van der Waals surface area contributed by atoms with E-state index in [1.54, 1.807) is 0 Å². The Labute approximate surface area is 103 Å². The van der Waals surface area contributed by atoms with E-state index in [2.05, 4.69) is 6.07 Å². The zero-order valence-corrected chi connectivity index (χ0v) is 10.6. The van der Waals surface area contributed by atoms with Gasteiger partial charge in [0.25, 0.3) is 0 Å². The summed E-state index contributed by atoms with van der Waals surface area (Å²) in [6.45, 7) is 5.10.